The van der Waals surface area contributed by atoms with Gasteiger partial charge in [-0.05, 0) is 12.8 Å². The molecule has 1 aromatic rings. The fourth-order valence-corrected chi connectivity index (χ4v) is 2.16. The molecular formula is C10H14FN3. The minimum absolute atomic E-state index is 0.0896. The fraction of sp³-hybridized carbons (Fsp3) is 0.600. The van der Waals surface area contributed by atoms with Gasteiger partial charge in [-0.15, -0.1) is 0 Å². The van der Waals surface area contributed by atoms with E-state index >= 15 is 0 Å². The summed E-state index contributed by atoms with van der Waals surface area (Å²) < 4.78 is 12.6. The van der Waals surface area contributed by atoms with Gasteiger partial charge in [0.25, 0.3) is 0 Å². The van der Waals surface area contributed by atoms with Crippen LogP contribution in [0.1, 0.15) is 31.5 Å². The van der Waals surface area contributed by atoms with Crippen LogP contribution in [0.15, 0.2) is 12.4 Å². The topological polar surface area (TPSA) is 51.8 Å². The average Bonchev–Trinajstić information content (AvgIpc) is 2.68. The second kappa shape index (κ2) is 3.61. The molecule has 0 bridgehead atoms. The van der Waals surface area contributed by atoms with Crippen LogP contribution < -0.4 is 5.73 Å². The van der Waals surface area contributed by atoms with E-state index < -0.39 is 0 Å². The Kier molecular flexibility index (Phi) is 2.46. The highest BCUT2D eigenvalue weighted by molar-refractivity contribution is 5.11. The van der Waals surface area contributed by atoms with E-state index in [1.54, 1.807) is 0 Å². The van der Waals surface area contributed by atoms with Crippen LogP contribution >= 0.6 is 0 Å². The summed E-state index contributed by atoms with van der Waals surface area (Å²) in [5.74, 6) is 0.317. The van der Waals surface area contributed by atoms with Crippen molar-refractivity contribution >= 4 is 0 Å². The molecule has 0 unspecified atom stereocenters. The van der Waals surface area contributed by atoms with Crippen LogP contribution in [0.3, 0.4) is 0 Å². The van der Waals surface area contributed by atoms with Crippen molar-refractivity contribution in [3.63, 3.8) is 0 Å². The zero-order chi connectivity index (χ0) is 10.0. The van der Waals surface area contributed by atoms with Gasteiger partial charge in [0, 0.05) is 12.0 Å². The number of nitrogens with two attached hydrogens (primary N) is 1. The Balaban J connectivity index is 2.31. The molecule has 1 fully saturated rings. The molecule has 0 amide bonds. The Morgan fingerprint density at radius 1 is 1.29 bits per heavy atom. The van der Waals surface area contributed by atoms with Gasteiger partial charge in [-0.1, -0.05) is 12.8 Å². The van der Waals surface area contributed by atoms with Crippen molar-refractivity contribution in [1.29, 1.82) is 0 Å². The molecule has 2 rings (SSSR count). The van der Waals surface area contributed by atoms with Gasteiger partial charge in [-0.25, -0.2) is 14.4 Å². The summed E-state index contributed by atoms with van der Waals surface area (Å²) in [4.78, 5) is 8.07. The largest absolute Gasteiger partial charge is 0.329 e. The summed E-state index contributed by atoms with van der Waals surface area (Å²) in [6.45, 7) is 0.554. The monoisotopic (exact) mass is 195 g/mol. The van der Waals surface area contributed by atoms with E-state index in [4.69, 9.17) is 5.73 Å². The summed E-state index contributed by atoms with van der Waals surface area (Å²) in [6, 6.07) is 0. The van der Waals surface area contributed by atoms with Crippen LogP contribution in [0.4, 0.5) is 4.39 Å². The predicted molar refractivity (Wildman–Crippen MR) is 51.2 cm³/mol. The van der Waals surface area contributed by atoms with Gasteiger partial charge in [-0.2, -0.15) is 0 Å². The molecule has 1 aliphatic carbocycles. The molecule has 1 heterocycles. The summed E-state index contributed by atoms with van der Waals surface area (Å²) in [6.07, 6.45) is 6.82. The van der Waals surface area contributed by atoms with Gasteiger partial charge in [0.1, 0.15) is 5.82 Å². The van der Waals surface area contributed by atoms with Gasteiger partial charge in [-0.3, -0.25) is 0 Å². The summed E-state index contributed by atoms with van der Waals surface area (Å²) in [5, 5.41) is 0. The highest BCUT2D eigenvalue weighted by Gasteiger charge is 2.36. The second-order valence-corrected chi connectivity index (χ2v) is 3.92. The summed E-state index contributed by atoms with van der Waals surface area (Å²) in [5.41, 5.74) is 5.68. The van der Waals surface area contributed by atoms with Gasteiger partial charge >= 0.3 is 0 Å². The predicted octanol–water partition coefficient (Wildman–Crippen LogP) is 1.39. The highest BCUT2D eigenvalue weighted by atomic mass is 19.1. The van der Waals surface area contributed by atoms with E-state index in [2.05, 4.69) is 9.97 Å². The van der Waals surface area contributed by atoms with Crippen LogP contribution in [-0.4, -0.2) is 16.5 Å². The van der Waals surface area contributed by atoms with E-state index in [1.807, 2.05) is 0 Å². The number of aromatic nitrogens is 2. The van der Waals surface area contributed by atoms with Crippen LogP contribution in [-0.2, 0) is 5.41 Å². The van der Waals surface area contributed by atoms with E-state index in [0.29, 0.717) is 12.4 Å². The zero-order valence-electron chi connectivity index (χ0n) is 8.04. The quantitative estimate of drug-likeness (QED) is 0.775. The number of halogens is 1. The zero-order valence-corrected chi connectivity index (χ0v) is 8.04. The van der Waals surface area contributed by atoms with Crippen molar-refractivity contribution in [3.8, 4) is 0 Å². The molecule has 14 heavy (non-hydrogen) atoms. The molecule has 0 saturated heterocycles. The Morgan fingerprint density at radius 2 is 1.86 bits per heavy atom. The number of hydrogen-bond acceptors (Lipinski definition) is 3. The third-order valence-electron chi connectivity index (χ3n) is 3.05. The summed E-state index contributed by atoms with van der Waals surface area (Å²) in [7, 11) is 0. The number of rotatable bonds is 2. The lowest BCUT2D eigenvalue weighted by Crippen LogP contribution is -2.34. The molecule has 1 aliphatic rings. The third-order valence-corrected chi connectivity index (χ3v) is 3.05. The first-order valence-electron chi connectivity index (χ1n) is 4.95. The number of hydrogen-bond donors (Lipinski definition) is 1. The standard InChI is InChI=1S/C10H14FN3/c11-8-5-13-9(14-6-8)10(7-12)3-1-2-4-10/h5-6H,1-4,7,12H2. The van der Waals surface area contributed by atoms with Gasteiger partial charge < -0.3 is 5.73 Å². The molecule has 3 nitrogen and oxygen atoms in total. The molecule has 0 radical (unpaired) electrons. The molecule has 0 atom stereocenters. The van der Waals surface area contributed by atoms with E-state index in [-0.39, 0.29) is 11.2 Å². The maximum Gasteiger partial charge on any atom is 0.159 e. The third kappa shape index (κ3) is 1.50. The Morgan fingerprint density at radius 3 is 2.36 bits per heavy atom. The summed E-state index contributed by atoms with van der Waals surface area (Å²) >= 11 is 0. The highest BCUT2D eigenvalue weighted by Crippen LogP contribution is 2.38. The minimum atomic E-state index is -0.390. The van der Waals surface area contributed by atoms with E-state index in [1.165, 1.54) is 12.4 Å². The van der Waals surface area contributed by atoms with Crippen LogP contribution in [0.5, 0.6) is 0 Å². The van der Waals surface area contributed by atoms with Crippen LogP contribution in [0.2, 0.25) is 0 Å². The van der Waals surface area contributed by atoms with Gasteiger partial charge in [0.05, 0.1) is 12.4 Å². The van der Waals surface area contributed by atoms with Crippen LogP contribution in [0.25, 0.3) is 0 Å². The normalized spacial score (nSPS) is 19.9. The van der Waals surface area contributed by atoms with Crippen LogP contribution in [0, 0.1) is 5.82 Å². The smallest absolute Gasteiger partial charge is 0.159 e. The van der Waals surface area contributed by atoms with Crippen molar-refractivity contribution in [2.24, 2.45) is 5.73 Å². The minimum Gasteiger partial charge on any atom is -0.329 e. The van der Waals surface area contributed by atoms with Gasteiger partial charge in [0.15, 0.2) is 5.82 Å². The first-order valence-corrected chi connectivity index (χ1v) is 4.95. The molecule has 1 aromatic heterocycles. The molecule has 4 heteroatoms. The van der Waals surface area contributed by atoms with Crippen molar-refractivity contribution in [2.45, 2.75) is 31.1 Å². The SMILES string of the molecule is NCC1(c2ncc(F)cn2)CCCC1. The van der Waals surface area contributed by atoms with Crippen molar-refractivity contribution in [2.75, 3.05) is 6.54 Å². The second-order valence-electron chi connectivity index (χ2n) is 3.92. The fourth-order valence-electron chi connectivity index (χ4n) is 2.16. The molecular weight excluding hydrogens is 181 g/mol. The van der Waals surface area contributed by atoms with Crippen molar-refractivity contribution < 1.29 is 4.39 Å². The lowest BCUT2D eigenvalue weighted by molar-refractivity contribution is 0.421. The Bertz CT molecular complexity index is 304. The molecule has 2 N–H and O–H groups in total. The molecule has 76 valence electrons. The Hall–Kier alpha value is -1.03. The molecule has 0 aromatic carbocycles. The average molecular weight is 195 g/mol. The lowest BCUT2D eigenvalue weighted by atomic mass is 9.85. The maximum atomic E-state index is 12.6. The first kappa shape index (κ1) is 9.52. The molecule has 0 spiro atoms. The molecule has 1 saturated carbocycles. The molecule has 0 aliphatic heterocycles. The van der Waals surface area contributed by atoms with Crippen molar-refractivity contribution in [1.82, 2.24) is 9.97 Å². The van der Waals surface area contributed by atoms with E-state index in [9.17, 15) is 4.39 Å². The number of nitrogens with zero attached hydrogens (tertiary/aromatic N) is 2. The Labute approximate surface area is 82.6 Å². The maximum absolute atomic E-state index is 12.6. The lowest BCUT2D eigenvalue weighted by Gasteiger charge is -2.24. The van der Waals surface area contributed by atoms with E-state index in [0.717, 1.165) is 25.7 Å². The van der Waals surface area contributed by atoms with Gasteiger partial charge in [0.2, 0.25) is 0 Å². The first-order chi connectivity index (χ1) is 6.77. The van der Waals surface area contributed by atoms with Crippen molar-refractivity contribution in [3.05, 3.63) is 24.0 Å².